The first-order valence-electron chi connectivity index (χ1n) is 8.15. The number of oxime groups is 1. The maximum Gasteiger partial charge on any atom is 0.372 e. The number of aryl methyl sites for hydroxylation is 1. The zero-order valence-corrected chi connectivity index (χ0v) is 16.9. The predicted molar refractivity (Wildman–Crippen MR) is 105 cm³/mol. The zero-order valence-electron chi connectivity index (χ0n) is 15.3. The van der Waals surface area contributed by atoms with Crippen LogP contribution in [0.3, 0.4) is 0 Å². The minimum Gasteiger partial charge on any atom is -0.493 e. The molecule has 0 amide bonds. The highest BCUT2D eigenvalue weighted by Gasteiger charge is 2.10. The summed E-state index contributed by atoms with van der Waals surface area (Å²) in [6, 6.07) is 10.6. The lowest BCUT2D eigenvalue weighted by atomic mass is 10.2. The molecule has 0 saturated heterocycles. The molecule has 2 N–H and O–H groups in total. The van der Waals surface area contributed by atoms with Crippen molar-refractivity contribution in [3.63, 3.8) is 0 Å². The van der Waals surface area contributed by atoms with E-state index in [1.54, 1.807) is 24.3 Å². The number of halogens is 1. The van der Waals surface area contributed by atoms with Crippen molar-refractivity contribution in [2.45, 2.75) is 13.3 Å². The second kappa shape index (κ2) is 9.82. The second-order valence-electron chi connectivity index (χ2n) is 5.42. The average Bonchev–Trinajstić information content (AvgIpc) is 2.70. The molecule has 2 aromatic carbocycles. The molecule has 0 heterocycles. The molecule has 0 aliphatic carbocycles. The van der Waals surface area contributed by atoms with E-state index in [-0.39, 0.29) is 12.4 Å². The van der Waals surface area contributed by atoms with Crippen LogP contribution in [-0.4, -0.2) is 32.6 Å². The number of amidine groups is 1. The Hall–Kier alpha value is -2.74. The Morgan fingerprint density at radius 3 is 2.41 bits per heavy atom. The minimum absolute atomic E-state index is 0.0257. The van der Waals surface area contributed by atoms with Gasteiger partial charge in [-0.1, -0.05) is 18.1 Å². The third kappa shape index (κ3) is 5.62. The number of methoxy groups -OCH3 is 2. The second-order valence-corrected chi connectivity index (χ2v) is 6.27. The molecule has 0 aliphatic heterocycles. The fourth-order valence-corrected chi connectivity index (χ4v) is 2.73. The normalized spacial score (nSPS) is 11.0. The van der Waals surface area contributed by atoms with Crippen LogP contribution in [-0.2, 0) is 16.1 Å². The molecule has 2 aromatic rings. The van der Waals surface area contributed by atoms with Crippen LogP contribution in [0, 0.1) is 0 Å². The van der Waals surface area contributed by atoms with E-state index in [1.165, 1.54) is 14.2 Å². The van der Waals surface area contributed by atoms with E-state index in [2.05, 4.69) is 28.0 Å². The SMILES string of the molecule is CCc1ccc(OCC(=O)O/N=C(\N)c2ccc(OC)c(OC)c2)c(Br)c1. The van der Waals surface area contributed by atoms with Gasteiger partial charge >= 0.3 is 5.97 Å². The highest BCUT2D eigenvalue weighted by molar-refractivity contribution is 9.10. The van der Waals surface area contributed by atoms with Gasteiger partial charge in [0.25, 0.3) is 0 Å². The topological polar surface area (TPSA) is 92.4 Å². The molecule has 0 unspecified atom stereocenters. The van der Waals surface area contributed by atoms with Gasteiger partial charge in [-0.05, 0) is 58.2 Å². The van der Waals surface area contributed by atoms with Crippen molar-refractivity contribution in [3.05, 3.63) is 52.0 Å². The molecule has 0 aromatic heterocycles. The van der Waals surface area contributed by atoms with Crippen molar-refractivity contribution >= 4 is 27.7 Å². The highest BCUT2D eigenvalue weighted by Crippen LogP contribution is 2.28. The van der Waals surface area contributed by atoms with E-state index in [0.29, 0.717) is 22.8 Å². The van der Waals surface area contributed by atoms with Crippen LogP contribution < -0.4 is 19.9 Å². The summed E-state index contributed by atoms with van der Waals surface area (Å²) in [6.45, 7) is 1.76. The molecule has 0 bridgehead atoms. The summed E-state index contributed by atoms with van der Waals surface area (Å²) in [7, 11) is 3.04. The van der Waals surface area contributed by atoms with Crippen molar-refractivity contribution in [1.29, 1.82) is 0 Å². The number of hydrogen-bond donors (Lipinski definition) is 1. The van der Waals surface area contributed by atoms with Crippen LogP contribution in [0.5, 0.6) is 17.2 Å². The van der Waals surface area contributed by atoms with Crippen LogP contribution in [0.15, 0.2) is 46.0 Å². The van der Waals surface area contributed by atoms with E-state index >= 15 is 0 Å². The van der Waals surface area contributed by atoms with E-state index in [4.69, 9.17) is 24.8 Å². The standard InChI is InChI=1S/C19H21BrN2O5/c1-4-12-5-7-15(14(20)9-12)26-11-18(23)27-22-19(21)13-6-8-16(24-2)17(10-13)25-3/h5-10H,4,11H2,1-3H3,(H2,21,22). The van der Waals surface area contributed by atoms with Gasteiger partial charge in [0, 0.05) is 5.56 Å². The lowest BCUT2D eigenvalue weighted by Gasteiger charge is -2.09. The van der Waals surface area contributed by atoms with Crippen molar-refractivity contribution < 1.29 is 23.8 Å². The minimum atomic E-state index is -0.676. The molecule has 2 rings (SSSR count). The molecule has 8 heteroatoms. The number of nitrogens with zero attached hydrogens (tertiary/aromatic N) is 1. The largest absolute Gasteiger partial charge is 0.493 e. The summed E-state index contributed by atoms with van der Waals surface area (Å²) in [5.74, 6) is 0.936. The molecule has 0 aliphatic rings. The summed E-state index contributed by atoms with van der Waals surface area (Å²) in [5.41, 5.74) is 7.53. The monoisotopic (exact) mass is 436 g/mol. The summed E-state index contributed by atoms with van der Waals surface area (Å²) in [4.78, 5) is 16.6. The van der Waals surface area contributed by atoms with Gasteiger partial charge in [-0.3, -0.25) is 0 Å². The number of carbonyl (C=O) groups excluding carboxylic acids is 1. The molecule has 0 radical (unpaired) electrons. The molecule has 0 fully saturated rings. The van der Waals surface area contributed by atoms with Crippen molar-refractivity contribution in [1.82, 2.24) is 0 Å². The molecule has 7 nitrogen and oxygen atoms in total. The van der Waals surface area contributed by atoms with Gasteiger partial charge in [-0.25, -0.2) is 4.79 Å². The quantitative estimate of drug-likeness (QED) is 0.295. The van der Waals surface area contributed by atoms with Gasteiger partial charge in [-0.15, -0.1) is 0 Å². The Bertz CT molecular complexity index is 839. The Balaban J connectivity index is 1.95. The fourth-order valence-electron chi connectivity index (χ4n) is 2.19. The van der Waals surface area contributed by atoms with Gasteiger partial charge in [0.15, 0.2) is 23.9 Å². The van der Waals surface area contributed by atoms with Crippen LogP contribution in [0.2, 0.25) is 0 Å². The number of benzene rings is 2. The van der Waals surface area contributed by atoms with E-state index in [9.17, 15) is 4.79 Å². The lowest BCUT2D eigenvalue weighted by molar-refractivity contribution is -0.146. The first-order chi connectivity index (χ1) is 13.0. The maximum absolute atomic E-state index is 11.8. The molecular weight excluding hydrogens is 416 g/mol. The van der Waals surface area contributed by atoms with E-state index in [1.807, 2.05) is 12.1 Å². The fraction of sp³-hybridized carbons (Fsp3) is 0.263. The number of nitrogens with two attached hydrogens (primary N) is 1. The summed E-state index contributed by atoms with van der Waals surface area (Å²) >= 11 is 3.41. The van der Waals surface area contributed by atoms with Crippen molar-refractivity contribution in [3.8, 4) is 17.2 Å². The van der Waals surface area contributed by atoms with Crippen molar-refractivity contribution in [2.24, 2.45) is 10.9 Å². The van der Waals surface area contributed by atoms with Gasteiger partial charge < -0.3 is 24.8 Å². The van der Waals surface area contributed by atoms with Gasteiger partial charge in [0.05, 0.1) is 18.7 Å². The van der Waals surface area contributed by atoms with Crippen LogP contribution >= 0.6 is 15.9 Å². The maximum atomic E-state index is 11.8. The van der Waals surface area contributed by atoms with Crippen LogP contribution in [0.4, 0.5) is 0 Å². The Kier molecular flexibility index (Phi) is 7.48. The third-order valence-electron chi connectivity index (χ3n) is 3.68. The van der Waals surface area contributed by atoms with Gasteiger partial charge in [-0.2, -0.15) is 0 Å². The molecule has 27 heavy (non-hydrogen) atoms. The lowest BCUT2D eigenvalue weighted by Crippen LogP contribution is -2.18. The van der Waals surface area contributed by atoms with Crippen LogP contribution in [0.1, 0.15) is 18.1 Å². The van der Waals surface area contributed by atoms with Crippen molar-refractivity contribution in [2.75, 3.05) is 20.8 Å². The molecule has 0 atom stereocenters. The number of hydrogen-bond acceptors (Lipinski definition) is 6. The molecule has 144 valence electrons. The Labute approximate surface area is 166 Å². The average molecular weight is 437 g/mol. The molecule has 0 spiro atoms. The number of ether oxygens (including phenoxy) is 3. The first-order valence-corrected chi connectivity index (χ1v) is 8.94. The third-order valence-corrected chi connectivity index (χ3v) is 4.29. The first kappa shape index (κ1) is 20.6. The highest BCUT2D eigenvalue weighted by atomic mass is 79.9. The van der Waals surface area contributed by atoms with E-state index in [0.717, 1.165) is 16.5 Å². The number of carbonyl (C=O) groups is 1. The molecule has 0 saturated carbocycles. The predicted octanol–water partition coefficient (Wildman–Crippen LogP) is 3.27. The van der Waals surface area contributed by atoms with Crippen LogP contribution in [0.25, 0.3) is 0 Å². The molecular formula is C19H21BrN2O5. The number of rotatable bonds is 8. The Morgan fingerprint density at radius 2 is 1.78 bits per heavy atom. The summed E-state index contributed by atoms with van der Waals surface area (Å²) in [5, 5.41) is 3.64. The zero-order chi connectivity index (χ0) is 19.8. The van der Waals surface area contributed by atoms with E-state index < -0.39 is 5.97 Å². The Morgan fingerprint density at radius 1 is 1.07 bits per heavy atom. The van der Waals surface area contributed by atoms with Gasteiger partial charge in [0.2, 0.25) is 0 Å². The smallest absolute Gasteiger partial charge is 0.372 e. The van der Waals surface area contributed by atoms with Gasteiger partial charge in [0.1, 0.15) is 5.75 Å². The summed E-state index contributed by atoms with van der Waals surface area (Å²) < 4.78 is 16.6. The summed E-state index contributed by atoms with van der Waals surface area (Å²) in [6.07, 6.45) is 0.908.